The normalized spacial score (nSPS) is 19.5. The van der Waals surface area contributed by atoms with E-state index in [9.17, 15) is 9.90 Å². The standard InChI is InChI=1S/C18H27NO2/c1-5-6-9-13(2)17(20)19-15-11-8-7-10-14(15)12-16(19)18(3,4)21/h7-8,10-11,13,16,21H,5-6,9,12H2,1-4H3/t13-,16+/m1/s1. The largest absolute Gasteiger partial charge is 0.388 e. The van der Waals surface area contributed by atoms with Gasteiger partial charge in [0.25, 0.3) is 0 Å². The fourth-order valence-electron chi connectivity index (χ4n) is 3.10. The second-order valence-electron chi connectivity index (χ2n) is 6.75. The number of unbranched alkanes of at least 4 members (excludes halogenated alkanes) is 1. The fourth-order valence-corrected chi connectivity index (χ4v) is 3.10. The molecule has 1 heterocycles. The Hall–Kier alpha value is -1.35. The van der Waals surface area contributed by atoms with Crippen LogP contribution in [0.25, 0.3) is 0 Å². The number of rotatable bonds is 5. The van der Waals surface area contributed by atoms with Crippen LogP contribution < -0.4 is 4.90 Å². The lowest BCUT2D eigenvalue weighted by Gasteiger charge is -2.35. The van der Waals surface area contributed by atoms with Crippen molar-refractivity contribution in [3.63, 3.8) is 0 Å². The van der Waals surface area contributed by atoms with Gasteiger partial charge in [-0.05, 0) is 38.3 Å². The third-order valence-electron chi connectivity index (χ3n) is 4.44. The Balaban J connectivity index is 2.30. The topological polar surface area (TPSA) is 40.5 Å². The first kappa shape index (κ1) is 16.0. The van der Waals surface area contributed by atoms with Crippen molar-refractivity contribution in [1.82, 2.24) is 0 Å². The number of fused-ring (bicyclic) bond motifs is 1. The smallest absolute Gasteiger partial charge is 0.230 e. The van der Waals surface area contributed by atoms with Gasteiger partial charge in [0, 0.05) is 11.6 Å². The maximum Gasteiger partial charge on any atom is 0.230 e. The van der Waals surface area contributed by atoms with E-state index in [0.29, 0.717) is 0 Å². The molecular formula is C18H27NO2. The number of carbonyl (C=O) groups excluding carboxylic acids is 1. The molecule has 3 heteroatoms. The maximum atomic E-state index is 12.9. The van der Waals surface area contributed by atoms with Gasteiger partial charge in [0.05, 0.1) is 11.6 Å². The van der Waals surface area contributed by atoms with Crippen LogP contribution in [0.5, 0.6) is 0 Å². The van der Waals surface area contributed by atoms with Crippen molar-refractivity contribution in [2.45, 2.75) is 65.0 Å². The van der Waals surface area contributed by atoms with Crippen LogP contribution in [0.2, 0.25) is 0 Å². The molecular weight excluding hydrogens is 262 g/mol. The third kappa shape index (κ3) is 3.29. The highest BCUT2D eigenvalue weighted by atomic mass is 16.3. The Morgan fingerprint density at radius 3 is 2.71 bits per heavy atom. The van der Waals surface area contributed by atoms with Crippen LogP contribution in [0, 0.1) is 5.92 Å². The van der Waals surface area contributed by atoms with E-state index < -0.39 is 5.60 Å². The monoisotopic (exact) mass is 289 g/mol. The molecule has 2 rings (SSSR count). The minimum atomic E-state index is -0.904. The number of carbonyl (C=O) groups is 1. The summed E-state index contributed by atoms with van der Waals surface area (Å²) in [5.41, 5.74) is 1.22. The highest BCUT2D eigenvalue weighted by molar-refractivity contribution is 5.97. The highest BCUT2D eigenvalue weighted by Gasteiger charge is 2.42. The van der Waals surface area contributed by atoms with Gasteiger partial charge in [-0.3, -0.25) is 4.79 Å². The van der Waals surface area contributed by atoms with Gasteiger partial charge < -0.3 is 10.0 Å². The molecule has 1 amide bonds. The molecule has 116 valence electrons. The summed E-state index contributed by atoms with van der Waals surface area (Å²) < 4.78 is 0. The molecule has 0 saturated heterocycles. The second kappa shape index (κ2) is 6.18. The molecule has 0 saturated carbocycles. The number of benzene rings is 1. The van der Waals surface area contributed by atoms with Gasteiger partial charge >= 0.3 is 0 Å². The zero-order valence-electron chi connectivity index (χ0n) is 13.6. The summed E-state index contributed by atoms with van der Waals surface area (Å²) in [6, 6.07) is 7.83. The summed E-state index contributed by atoms with van der Waals surface area (Å²) in [5.74, 6) is 0.140. The van der Waals surface area contributed by atoms with E-state index in [1.807, 2.05) is 30.0 Å². The quantitative estimate of drug-likeness (QED) is 0.900. The molecule has 1 N–H and O–H groups in total. The van der Waals surface area contributed by atoms with Crippen LogP contribution in [-0.4, -0.2) is 22.7 Å². The van der Waals surface area contributed by atoms with Gasteiger partial charge in [-0.1, -0.05) is 44.9 Å². The molecule has 1 aromatic rings. The minimum absolute atomic E-state index is 0.000885. The summed E-state index contributed by atoms with van der Waals surface area (Å²) in [4.78, 5) is 14.7. The van der Waals surface area contributed by atoms with E-state index in [-0.39, 0.29) is 17.9 Å². The zero-order chi connectivity index (χ0) is 15.6. The molecule has 1 aliphatic rings. The SMILES string of the molecule is CCCC[C@@H](C)C(=O)N1c2ccccc2C[C@H]1C(C)(C)O. The van der Waals surface area contributed by atoms with Crippen LogP contribution in [0.15, 0.2) is 24.3 Å². The molecule has 0 spiro atoms. The molecule has 3 nitrogen and oxygen atoms in total. The second-order valence-corrected chi connectivity index (χ2v) is 6.75. The first-order chi connectivity index (χ1) is 9.86. The highest BCUT2D eigenvalue weighted by Crippen LogP contribution is 2.37. The lowest BCUT2D eigenvalue weighted by atomic mass is 9.94. The van der Waals surface area contributed by atoms with Gasteiger partial charge in [-0.25, -0.2) is 0 Å². The average Bonchev–Trinajstić information content (AvgIpc) is 2.83. The molecule has 0 aliphatic carbocycles. The third-order valence-corrected chi connectivity index (χ3v) is 4.44. The van der Waals surface area contributed by atoms with Crippen molar-refractivity contribution in [3.05, 3.63) is 29.8 Å². The van der Waals surface area contributed by atoms with E-state index in [1.54, 1.807) is 13.8 Å². The molecule has 2 atom stereocenters. The Kier molecular flexibility index (Phi) is 4.72. The Labute approximate surface area is 128 Å². The molecule has 1 aromatic carbocycles. The van der Waals surface area contributed by atoms with Crippen LogP contribution in [0.4, 0.5) is 5.69 Å². The van der Waals surface area contributed by atoms with Gasteiger partial charge in [0.15, 0.2) is 0 Å². The Morgan fingerprint density at radius 2 is 2.10 bits per heavy atom. The number of nitrogens with zero attached hydrogens (tertiary/aromatic N) is 1. The van der Waals surface area contributed by atoms with Crippen molar-refractivity contribution in [3.8, 4) is 0 Å². The number of amides is 1. The van der Waals surface area contributed by atoms with Crippen molar-refractivity contribution < 1.29 is 9.90 Å². The van der Waals surface area contributed by atoms with Gasteiger partial charge in [0.1, 0.15) is 0 Å². The molecule has 0 radical (unpaired) electrons. The predicted molar refractivity (Wildman–Crippen MR) is 86.4 cm³/mol. The zero-order valence-corrected chi connectivity index (χ0v) is 13.6. The van der Waals surface area contributed by atoms with Crippen LogP contribution >= 0.6 is 0 Å². The molecule has 21 heavy (non-hydrogen) atoms. The average molecular weight is 289 g/mol. The number of hydrogen-bond acceptors (Lipinski definition) is 2. The molecule has 0 bridgehead atoms. The summed E-state index contributed by atoms with van der Waals surface area (Å²) in [6.45, 7) is 7.73. The maximum absolute atomic E-state index is 12.9. The summed E-state index contributed by atoms with van der Waals surface area (Å²) >= 11 is 0. The minimum Gasteiger partial charge on any atom is -0.388 e. The Bertz CT molecular complexity index is 504. The van der Waals surface area contributed by atoms with Crippen molar-refractivity contribution in [2.75, 3.05) is 4.90 Å². The van der Waals surface area contributed by atoms with Crippen LogP contribution in [0.3, 0.4) is 0 Å². The molecule has 0 fully saturated rings. The van der Waals surface area contributed by atoms with Crippen molar-refractivity contribution in [2.24, 2.45) is 5.92 Å². The Morgan fingerprint density at radius 1 is 1.43 bits per heavy atom. The van der Waals surface area contributed by atoms with Crippen molar-refractivity contribution in [1.29, 1.82) is 0 Å². The summed E-state index contributed by atoms with van der Waals surface area (Å²) in [7, 11) is 0. The van der Waals surface area contributed by atoms with E-state index in [0.717, 1.165) is 36.9 Å². The summed E-state index contributed by atoms with van der Waals surface area (Å²) in [6.07, 6.45) is 3.80. The number of para-hydroxylation sites is 1. The number of anilines is 1. The van der Waals surface area contributed by atoms with Gasteiger partial charge in [-0.15, -0.1) is 0 Å². The first-order valence-corrected chi connectivity index (χ1v) is 7.99. The van der Waals surface area contributed by atoms with Crippen molar-refractivity contribution >= 4 is 11.6 Å². The van der Waals surface area contributed by atoms with E-state index in [2.05, 4.69) is 13.0 Å². The van der Waals surface area contributed by atoms with Gasteiger partial charge in [-0.2, -0.15) is 0 Å². The van der Waals surface area contributed by atoms with E-state index in [1.165, 1.54) is 0 Å². The van der Waals surface area contributed by atoms with E-state index in [4.69, 9.17) is 0 Å². The van der Waals surface area contributed by atoms with Crippen LogP contribution in [-0.2, 0) is 11.2 Å². The predicted octanol–water partition coefficient (Wildman–Crippen LogP) is 3.54. The summed E-state index contributed by atoms with van der Waals surface area (Å²) in [5, 5.41) is 10.5. The lowest BCUT2D eigenvalue weighted by Crippen LogP contribution is -2.51. The first-order valence-electron chi connectivity index (χ1n) is 7.99. The number of hydrogen-bond donors (Lipinski definition) is 1. The molecule has 0 unspecified atom stereocenters. The lowest BCUT2D eigenvalue weighted by molar-refractivity contribution is -0.123. The fraction of sp³-hybridized carbons (Fsp3) is 0.611. The van der Waals surface area contributed by atoms with E-state index >= 15 is 0 Å². The molecule has 1 aliphatic heterocycles. The molecule has 0 aromatic heterocycles. The number of aliphatic hydroxyl groups is 1. The van der Waals surface area contributed by atoms with Gasteiger partial charge in [0.2, 0.25) is 5.91 Å². The van der Waals surface area contributed by atoms with Crippen LogP contribution in [0.1, 0.15) is 52.5 Å².